The lowest BCUT2D eigenvalue weighted by molar-refractivity contribution is -0.0599. The van der Waals surface area contributed by atoms with Crippen molar-refractivity contribution in [3.05, 3.63) is 0 Å². The first-order chi connectivity index (χ1) is 4.68. The third kappa shape index (κ3) is 3.51. The molecule has 0 rings (SSSR count). The molecule has 0 heterocycles. The highest BCUT2D eigenvalue weighted by molar-refractivity contribution is 9.09. The van der Waals surface area contributed by atoms with Crippen LogP contribution in [0.2, 0.25) is 0 Å². The molecule has 3 nitrogen and oxygen atoms in total. The zero-order valence-electron chi connectivity index (χ0n) is 6.26. The Labute approximate surface area is 69.5 Å². The Hall–Kier alpha value is 0.360. The maximum atomic E-state index is 9.52. The average molecular weight is 213 g/mol. The van der Waals surface area contributed by atoms with Crippen LogP contribution in [-0.2, 0) is 9.47 Å². The fourth-order valence-corrected chi connectivity index (χ4v) is 0.980. The summed E-state index contributed by atoms with van der Waals surface area (Å²) in [7, 11) is 3.09. The Morgan fingerprint density at radius 3 is 1.90 bits per heavy atom. The van der Waals surface area contributed by atoms with E-state index in [2.05, 4.69) is 15.9 Å². The molecule has 62 valence electrons. The van der Waals surface area contributed by atoms with E-state index in [4.69, 9.17) is 9.47 Å². The van der Waals surface area contributed by atoms with E-state index < -0.39 is 5.60 Å². The molecule has 0 amide bonds. The molecule has 1 N–H and O–H groups in total. The molecule has 0 atom stereocenters. The third-order valence-corrected chi connectivity index (χ3v) is 2.12. The summed E-state index contributed by atoms with van der Waals surface area (Å²) in [5.74, 6) is 0. The number of aliphatic hydroxyl groups is 1. The molecule has 0 unspecified atom stereocenters. The molecule has 0 aromatic heterocycles. The van der Waals surface area contributed by atoms with Gasteiger partial charge in [0.1, 0.15) is 5.60 Å². The van der Waals surface area contributed by atoms with Crippen LogP contribution in [0.15, 0.2) is 0 Å². The van der Waals surface area contributed by atoms with E-state index in [9.17, 15) is 5.11 Å². The molecule has 0 bridgehead atoms. The van der Waals surface area contributed by atoms with E-state index in [0.29, 0.717) is 5.33 Å². The monoisotopic (exact) mass is 212 g/mol. The molecule has 0 fully saturated rings. The van der Waals surface area contributed by atoms with Gasteiger partial charge in [-0.25, -0.2) is 0 Å². The summed E-state index contributed by atoms with van der Waals surface area (Å²) < 4.78 is 9.58. The normalized spacial score (nSPS) is 12.0. The van der Waals surface area contributed by atoms with Crippen molar-refractivity contribution in [2.24, 2.45) is 0 Å². The van der Waals surface area contributed by atoms with Crippen molar-refractivity contribution in [1.82, 2.24) is 0 Å². The minimum absolute atomic E-state index is 0.284. The number of hydrogen-bond donors (Lipinski definition) is 1. The second-order valence-electron chi connectivity index (χ2n) is 2.22. The Balaban J connectivity index is 3.69. The van der Waals surface area contributed by atoms with Crippen LogP contribution in [0, 0.1) is 0 Å². The predicted octanol–water partition coefficient (Wildman–Crippen LogP) is 0.405. The highest BCUT2D eigenvalue weighted by Gasteiger charge is 2.24. The van der Waals surface area contributed by atoms with Crippen molar-refractivity contribution in [1.29, 1.82) is 0 Å². The third-order valence-electron chi connectivity index (χ3n) is 1.07. The molecule has 0 aliphatic carbocycles. The predicted molar refractivity (Wildman–Crippen MR) is 42.5 cm³/mol. The number of methoxy groups -OCH3 is 2. The van der Waals surface area contributed by atoms with Crippen molar-refractivity contribution in [2.45, 2.75) is 5.60 Å². The summed E-state index contributed by atoms with van der Waals surface area (Å²) in [6, 6.07) is 0. The van der Waals surface area contributed by atoms with Crippen LogP contribution < -0.4 is 0 Å². The van der Waals surface area contributed by atoms with Crippen molar-refractivity contribution in [3.63, 3.8) is 0 Å². The number of ether oxygens (including phenoxy) is 2. The molecule has 4 heteroatoms. The second-order valence-corrected chi connectivity index (χ2v) is 2.78. The van der Waals surface area contributed by atoms with Gasteiger partial charge in [-0.05, 0) is 0 Å². The molecule has 0 saturated heterocycles. The molecular weight excluding hydrogens is 200 g/mol. The smallest absolute Gasteiger partial charge is 0.121 e. The van der Waals surface area contributed by atoms with Crippen LogP contribution in [-0.4, -0.2) is 43.5 Å². The van der Waals surface area contributed by atoms with Crippen LogP contribution in [0.4, 0.5) is 0 Å². The molecule has 0 aliphatic rings. The maximum absolute atomic E-state index is 9.52. The largest absolute Gasteiger partial charge is 0.384 e. The van der Waals surface area contributed by atoms with Gasteiger partial charge in [0.25, 0.3) is 0 Å². The summed E-state index contributed by atoms with van der Waals surface area (Å²) in [6.07, 6.45) is 0. The van der Waals surface area contributed by atoms with Gasteiger partial charge in [0, 0.05) is 19.5 Å². The quantitative estimate of drug-likeness (QED) is 0.672. The van der Waals surface area contributed by atoms with E-state index in [1.807, 2.05) is 0 Å². The number of rotatable bonds is 5. The summed E-state index contributed by atoms with van der Waals surface area (Å²) in [6.45, 7) is 0.568. The Kier molecular flexibility index (Phi) is 5.25. The van der Waals surface area contributed by atoms with Gasteiger partial charge in [-0.1, -0.05) is 15.9 Å². The molecule has 0 aromatic carbocycles. The zero-order chi connectivity index (χ0) is 8.04. The topological polar surface area (TPSA) is 38.7 Å². The van der Waals surface area contributed by atoms with Crippen molar-refractivity contribution >= 4 is 15.9 Å². The summed E-state index contributed by atoms with van der Waals surface area (Å²) in [5.41, 5.74) is -0.885. The lowest BCUT2D eigenvalue weighted by atomic mass is 10.1. The highest BCUT2D eigenvalue weighted by atomic mass is 79.9. The lowest BCUT2D eigenvalue weighted by Gasteiger charge is -2.23. The van der Waals surface area contributed by atoms with Gasteiger partial charge < -0.3 is 14.6 Å². The van der Waals surface area contributed by atoms with E-state index in [1.54, 1.807) is 14.2 Å². The van der Waals surface area contributed by atoms with Crippen molar-refractivity contribution in [2.75, 3.05) is 32.8 Å². The first-order valence-electron chi connectivity index (χ1n) is 2.95. The fraction of sp³-hybridized carbons (Fsp3) is 1.00. The van der Waals surface area contributed by atoms with Crippen molar-refractivity contribution in [3.8, 4) is 0 Å². The summed E-state index contributed by atoms with van der Waals surface area (Å²) in [5, 5.41) is 9.98. The highest BCUT2D eigenvalue weighted by Crippen LogP contribution is 2.08. The molecule has 0 saturated carbocycles. The zero-order valence-corrected chi connectivity index (χ0v) is 7.85. The molecule has 0 aromatic rings. The Morgan fingerprint density at radius 2 is 1.70 bits per heavy atom. The standard InChI is InChI=1S/C6H13BrO3/c1-9-4-6(8,3-7)5-10-2/h8H,3-5H2,1-2H3. The van der Waals surface area contributed by atoms with Gasteiger partial charge >= 0.3 is 0 Å². The van der Waals surface area contributed by atoms with Gasteiger partial charge in [0.15, 0.2) is 0 Å². The van der Waals surface area contributed by atoms with Crippen LogP contribution in [0.1, 0.15) is 0 Å². The van der Waals surface area contributed by atoms with Crippen LogP contribution in [0.5, 0.6) is 0 Å². The lowest BCUT2D eigenvalue weighted by Crippen LogP contribution is -2.40. The molecule has 0 aliphatic heterocycles. The molecule has 0 spiro atoms. The maximum Gasteiger partial charge on any atom is 0.121 e. The second kappa shape index (κ2) is 5.07. The van der Waals surface area contributed by atoms with Gasteiger partial charge in [0.05, 0.1) is 13.2 Å². The summed E-state index contributed by atoms with van der Waals surface area (Å²) in [4.78, 5) is 0. The Bertz CT molecular complexity index is 81.1. The van der Waals surface area contributed by atoms with Crippen LogP contribution >= 0.6 is 15.9 Å². The van der Waals surface area contributed by atoms with E-state index in [0.717, 1.165) is 0 Å². The first-order valence-corrected chi connectivity index (χ1v) is 4.07. The van der Waals surface area contributed by atoms with Gasteiger partial charge in [-0.15, -0.1) is 0 Å². The Morgan fingerprint density at radius 1 is 1.30 bits per heavy atom. The molecule has 10 heavy (non-hydrogen) atoms. The summed E-state index contributed by atoms with van der Waals surface area (Å²) >= 11 is 3.16. The number of halogens is 1. The van der Waals surface area contributed by atoms with Crippen LogP contribution in [0.3, 0.4) is 0 Å². The minimum Gasteiger partial charge on any atom is -0.384 e. The fourth-order valence-electron chi connectivity index (χ4n) is 0.656. The van der Waals surface area contributed by atoms with E-state index in [1.165, 1.54) is 0 Å². The molecular formula is C6H13BrO3. The van der Waals surface area contributed by atoms with Gasteiger partial charge in [0.2, 0.25) is 0 Å². The molecule has 0 radical (unpaired) electrons. The van der Waals surface area contributed by atoms with Crippen LogP contribution in [0.25, 0.3) is 0 Å². The van der Waals surface area contributed by atoms with E-state index in [-0.39, 0.29) is 13.2 Å². The van der Waals surface area contributed by atoms with Crippen molar-refractivity contribution < 1.29 is 14.6 Å². The van der Waals surface area contributed by atoms with Gasteiger partial charge in [-0.2, -0.15) is 0 Å². The van der Waals surface area contributed by atoms with E-state index >= 15 is 0 Å². The number of alkyl halides is 1. The number of hydrogen-bond acceptors (Lipinski definition) is 3. The average Bonchev–Trinajstić information content (AvgIpc) is 1.89. The van der Waals surface area contributed by atoms with Gasteiger partial charge in [-0.3, -0.25) is 0 Å². The SMILES string of the molecule is COCC(O)(CBr)COC. The minimum atomic E-state index is -0.885. The first kappa shape index (κ1) is 10.4.